The Bertz CT molecular complexity index is 1270. The number of carbonyl (C=O) groups is 1. The van der Waals surface area contributed by atoms with Crippen LogP contribution in [0.3, 0.4) is 0 Å². The lowest BCUT2D eigenvalue weighted by molar-refractivity contribution is 0.0953. The molecule has 0 spiro atoms. The Balaban J connectivity index is 1.21. The van der Waals surface area contributed by atoms with E-state index in [0.29, 0.717) is 23.7 Å². The van der Waals surface area contributed by atoms with E-state index in [-0.39, 0.29) is 5.91 Å². The van der Waals surface area contributed by atoms with Crippen molar-refractivity contribution in [1.29, 1.82) is 0 Å². The lowest BCUT2D eigenvalue weighted by atomic mass is 10.1. The summed E-state index contributed by atoms with van der Waals surface area (Å²) in [6, 6.07) is 23.5. The number of para-hydroxylation sites is 2. The van der Waals surface area contributed by atoms with Gasteiger partial charge in [0.2, 0.25) is 0 Å². The van der Waals surface area contributed by atoms with Gasteiger partial charge in [-0.3, -0.25) is 4.79 Å². The SMILES string of the molecule is Cc1cccc(OCCCCn2c(CCCCCNC(=O)c3ccc(Cl)cc3)nc3ccccc32)c1. The van der Waals surface area contributed by atoms with Gasteiger partial charge >= 0.3 is 0 Å². The molecule has 36 heavy (non-hydrogen) atoms. The maximum atomic E-state index is 12.2. The second-order valence-corrected chi connectivity index (χ2v) is 9.55. The van der Waals surface area contributed by atoms with Gasteiger partial charge in [-0.2, -0.15) is 0 Å². The molecule has 0 radical (unpaired) electrons. The Morgan fingerprint density at radius 1 is 0.944 bits per heavy atom. The Hall–Kier alpha value is -3.31. The van der Waals surface area contributed by atoms with Crippen LogP contribution in [0, 0.1) is 6.92 Å². The molecular formula is C30H34ClN3O2. The number of imidazole rings is 1. The van der Waals surface area contributed by atoms with Crippen molar-refractivity contribution in [1.82, 2.24) is 14.9 Å². The smallest absolute Gasteiger partial charge is 0.251 e. The number of halogens is 1. The van der Waals surface area contributed by atoms with Gasteiger partial charge in [0.1, 0.15) is 11.6 Å². The molecule has 188 valence electrons. The summed E-state index contributed by atoms with van der Waals surface area (Å²) in [6.07, 6.45) is 5.98. The zero-order valence-electron chi connectivity index (χ0n) is 20.9. The molecule has 4 rings (SSSR count). The summed E-state index contributed by atoms with van der Waals surface area (Å²) in [5.41, 5.74) is 4.10. The van der Waals surface area contributed by atoms with Gasteiger partial charge < -0.3 is 14.6 Å². The van der Waals surface area contributed by atoms with Crippen LogP contribution in [0.25, 0.3) is 11.0 Å². The van der Waals surface area contributed by atoms with Crippen molar-refractivity contribution in [3.8, 4) is 5.75 Å². The number of aromatic nitrogens is 2. The van der Waals surface area contributed by atoms with Crippen LogP contribution in [0.1, 0.15) is 53.8 Å². The summed E-state index contributed by atoms with van der Waals surface area (Å²) in [5.74, 6) is 2.02. The maximum Gasteiger partial charge on any atom is 0.251 e. The highest BCUT2D eigenvalue weighted by atomic mass is 35.5. The average Bonchev–Trinajstić information content (AvgIpc) is 3.23. The summed E-state index contributed by atoms with van der Waals surface area (Å²) in [4.78, 5) is 17.1. The molecule has 1 aromatic heterocycles. The molecule has 0 aliphatic heterocycles. The van der Waals surface area contributed by atoms with Gasteiger partial charge in [-0.15, -0.1) is 0 Å². The molecule has 1 amide bonds. The molecule has 0 bridgehead atoms. The number of nitrogens with one attached hydrogen (secondary N) is 1. The lowest BCUT2D eigenvalue weighted by Crippen LogP contribution is -2.24. The van der Waals surface area contributed by atoms with Gasteiger partial charge in [-0.1, -0.05) is 42.3 Å². The van der Waals surface area contributed by atoms with Crippen molar-refractivity contribution < 1.29 is 9.53 Å². The van der Waals surface area contributed by atoms with E-state index in [0.717, 1.165) is 62.2 Å². The molecule has 0 aliphatic carbocycles. The van der Waals surface area contributed by atoms with Crippen molar-refractivity contribution in [2.45, 2.75) is 52.0 Å². The van der Waals surface area contributed by atoms with Gasteiger partial charge in [-0.25, -0.2) is 4.98 Å². The fourth-order valence-corrected chi connectivity index (χ4v) is 4.45. The predicted molar refractivity (Wildman–Crippen MR) is 147 cm³/mol. The van der Waals surface area contributed by atoms with E-state index in [1.165, 1.54) is 11.1 Å². The summed E-state index contributed by atoms with van der Waals surface area (Å²) in [5, 5.41) is 3.62. The molecule has 0 unspecified atom stereocenters. The highest BCUT2D eigenvalue weighted by Crippen LogP contribution is 2.19. The second kappa shape index (κ2) is 13.1. The van der Waals surface area contributed by atoms with E-state index < -0.39 is 0 Å². The molecule has 0 fully saturated rings. The number of unbranched alkanes of at least 4 members (excludes halogenated alkanes) is 3. The molecule has 1 heterocycles. The zero-order chi connectivity index (χ0) is 25.2. The van der Waals surface area contributed by atoms with E-state index in [1.807, 2.05) is 18.2 Å². The number of fused-ring (bicyclic) bond motifs is 1. The summed E-state index contributed by atoms with van der Waals surface area (Å²) >= 11 is 5.89. The zero-order valence-corrected chi connectivity index (χ0v) is 21.6. The van der Waals surface area contributed by atoms with Crippen LogP contribution >= 0.6 is 11.6 Å². The van der Waals surface area contributed by atoms with E-state index in [4.69, 9.17) is 21.3 Å². The second-order valence-electron chi connectivity index (χ2n) is 9.11. The maximum absolute atomic E-state index is 12.2. The number of aryl methyl sites for hydroxylation is 3. The summed E-state index contributed by atoms with van der Waals surface area (Å²) in [6.45, 7) is 4.39. The van der Waals surface area contributed by atoms with Crippen molar-refractivity contribution >= 4 is 28.5 Å². The number of benzene rings is 3. The van der Waals surface area contributed by atoms with E-state index in [2.05, 4.69) is 47.1 Å². The minimum absolute atomic E-state index is 0.0557. The molecule has 0 saturated carbocycles. The fraction of sp³-hybridized carbons (Fsp3) is 0.333. The Morgan fingerprint density at radius 2 is 1.78 bits per heavy atom. The number of carbonyl (C=O) groups excluding carboxylic acids is 1. The summed E-state index contributed by atoms with van der Waals surface area (Å²) in [7, 11) is 0. The average molecular weight is 504 g/mol. The van der Waals surface area contributed by atoms with Gasteiger partial charge in [0.25, 0.3) is 5.91 Å². The number of nitrogens with zero attached hydrogens (tertiary/aromatic N) is 2. The molecule has 0 aliphatic rings. The van der Waals surface area contributed by atoms with Gasteiger partial charge in [-0.05, 0) is 86.7 Å². The first kappa shape index (κ1) is 25.8. The van der Waals surface area contributed by atoms with E-state index in [1.54, 1.807) is 24.3 Å². The molecule has 4 aromatic rings. The van der Waals surface area contributed by atoms with Crippen LogP contribution < -0.4 is 10.1 Å². The minimum atomic E-state index is -0.0557. The first-order valence-electron chi connectivity index (χ1n) is 12.8. The molecule has 0 atom stereocenters. The molecular weight excluding hydrogens is 470 g/mol. The molecule has 3 aromatic carbocycles. The standard InChI is InChI=1S/C30H34ClN3O2/c1-23-10-9-11-26(22-23)36-21-8-7-20-34-28-13-5-4-12-27(28)33-29(34)14-3-2-6-19-32-30(35)24-15-17-25(31)18-16-24/h4-5,9-13,15-18,22H,2-3,6-8,14,19-21H2,1H3,(H,32,35). The van der Waals surface area contributed by atoms with Crippen molar-refractivity contribution in [3.05, 3.63) is 94.8 Å². The Kier molecular flexibility index (Phi) is 9.40. The van der Waals surface area contributed by atoms with Crippen LogP contribution in [0.15, 0.2) is 72.8 Å². The van der Waals surface area contributed by atoms with Crippen molar-refractivity contribution in [3.63, 3.8) is 0 Å². The molecule has 6 heteroatoms. The van der Waals surface area contributed by atoms with Crippen LogP contribution in [0.5, 0.6) is 5.75 Å². The third-order valence-corrected chi connectivity index (χ3v) is 6.49. The minimum Gasteiger partial charge on any atom is -0.494 e. The molecule has 1 N–H and O–H groups in total. The van der Waals surface area contributed by atoms with Crippen molar-refractivity contribution in [2.24, 2.45) is 0 Å². The van der Waals surface area contributed by atoms with Crippen LogP contribution in [-0.2, 0) is 13.0 Å². The first-order valence-corrected chi connectivity index (χ1v) is 13.2. The first-order chi connectivity index (χ1) is 17.6. The van der Waals surface area contributed by atoms with E-state index >= 15 is 0 Å². The molecule has 5 nitrogen and oxygen atoms in total. The fourth-order valence-electron chi connectivity index (χ4n) is 4.32. The quantitative estimate of drug-likeness (QED) is 0.200. The Labute approximate surface area is 218 Å². The van der Waals surface area contributed by atoms with Gasteiger partial charge in [0, 0.05) is 30.1 Å². The Morgan fingerprint density at radius 3 is 2.61 bits per heavy atom. The predicted octanol–water partition coefficient (Wildman–Crippen LogP) is 7.00. The third kappa shape index (κ3) is 7.34. The lowest BCUT2D eigenvalue weighted by Gasteiger charge is -2.11. The normalized spacial score (nSPS) is 11.1. The monoisotopic (exact) mass is 503 g/mol. The van der Waals surface area contributed by atoms with Crippen LogP contribution in [-0.4, -0.2) is 28.6 Å². The highest BCUT2D eigenvalue weighted by molar-refractivity contribution is 6.30. The van der Waals surface area contributed by atoms with Crippen molar-refractivity contribution in [2.75, 3.05) is 13.2 Å². The topological polar surface area (TPSA) is 56.1 Å². The number of ether oxygens (including phenoxy) is 1. The number of hydrogen-bond acceptors (Lipinski definition) is 3. The third-order valence-electron chi connectivity index (χ3n) is 6.24. The number of rotatable bonds is 13. The van der Waals surface area contributed by atoms with Gasteiger partial charge in [0.15, 0.2) is 0 Å². The summed E-state index contributed by atoms with van der Waals surface area (Å²) < 4.78 is 8.28. The number of hydrogen-bond donors (Lipinski definition) is 1. The number of amides is 1. The highest BCUT2D eigenvalue weighted by Gasteiger charge is 2.10. The van der Waals surface area contributed by atoms with Crippen LogP contribution in [0.4, 0.5) is 0 Å². The van der Waals surface area contributed by atoms with Gasteiger partial charge in [0.05, 0.1) is 17.6 Å². The largest absolute Gasteiger partial charge is 0.494 e. The van der Waals surface area contributed by atoms with Crippen LogP contribution in [0.2, 0.25) is 5.02 Å². The van der Waals surface area contributed by atoms with E-state index in [9.17, 15) is 4.79 Å². The molecule has 0 saturated heterocycles.